The van der Waals surface area contributed by atoms with Crippen LogP contribution in [-0.4, -0.2) is 26.8 Å². The zero-order chi connectivity index (χ0) is 11.5. The molecule has 2 rings (SSSR count). The number of methoxy groups -OCH3 is 1. The third-order valence-corrected chi connectivity index (χ3v) is 2.34. The summed E-state index contributed by atoms with van der Waals surface area (Å²) in [6.07, 6.45) is 2.58. The molecule has 5 heteroatoms. The highest BCUT2D eigenvalue weighted by Crippen LogP contribution is 2.19. The van der Waals surface area contributed by atoms with Crippen LogP contribution >= 0.6 is 0 Å². The van der Waals surface area contributed by atoms with Crippen molar-refractivity contribution in [1.29, 1.82) is 0 Å². The van der Waals surface area contributed by atoms with Gasteiger partial charge in [-0.25, -0.2) is 9.97 Å². The summed E-state index contributed by atoms with van der Waals surface area (Å²) < 4.78 is 6.76. The number of aryl methyl sites for hydroxylation is 1. The number of rotatable bonds is 3. The average molecular weight is 219 g/mol. The molecule has 0 aliphatic heterocycles. The third kappa shape index (κ3) is 1.90. The Morgan fingerprint density at radius 1 is 1.44 bits per heavy atom. The molecule has 0 aromatic carbocycles. The summed E-state index contributed by atoms with van der Waals surface area (Å²) in [5, 5.41) is 10.1. The maximum Gasteiger partial charge on any atom is 0.213 e. The predicted octanol–water partition coefficient (Wildman–Crippen LogP) is 0.905. The number of pyridine rings is 1. The predicted molar refractivity (Wildman–Crippen MR) is 58.1 cm³/mol. The Labute approximate surface area is 93.3 Å². The molecular weight excluding hydrogens is 206 g/mol. The van der Waals surface area contributed by atoms with E-state index in [4.69, 9.17) is 4.74 Å². The minimum Gasteiger partial charge on any atom is -0.481 e. The van der Waals surface area contributed by atoms with E-state index in [1.165, 1.54) is 0 Å². The van der Waals surface area contributed by atoms with Crippen LogP contribution in [0.2, 0.25) is 0 Å². The Hall–Kier alpha value is -1.88. The lowest BCUT2D eigenvalue weighted by molar-refractivity contribution is 0.200. The lowest BCUT2D eigenvalue weighted by Gasteiger charge is -2.10. The fourth-order valence-corrected chi connectivity index (χ4v) is 1.47. The van der Waals surface area contributed by atoms with Crippen LogP contribution in [0.25, 0.3) is 0 Å². The molecule has 1 unspecified atom stereocenters. The lowest BCUT2D eigenvalue weighted by Crippen LogP contribution is -2.08. The maximum absolute atomic E-state index is 10.1. The normalized spacial score (nSPS) is 12.4. The van der Waals surface area contributed by atoms with E-state index in [1.54, 1.807) is 42.3 Å². The Morgan fingerprint density at radius 2 is 2.25 bits per heavy atom. The number of nitrogens with zero attached hydrogens (tertiary/aromatic N) is 3. The van der Waals surface area contributed by atoms with Gasteiger partial charge in [-0.1, -0.05) is 6.07 Å². The first-order valence-corrected chi connectivity index (χ1v) is 4.88. The molecule has 5 nitrogen and oxygen atoms in total. The van der Waals surface area contributed by atoms with Crippen LogP contribution < -0.4 is 4.74 Å². The summed E-state index contributed by atoms with van der Waals surface area (Å²) in [5.41, 5.74) is 0.522. The molecule has 0 radical (unpaired) electrons. The zero-order valence-corrected chi connectivity index (χ0v) is 9.16. The second-order valence-corrected chi connectivity index (χ2v) is 3.40. The lowest BCUT2D eigenvalue weighted by atomic mass is 10.2. The van der Waals surface area contributed by atoms with E-state index in [9.17, 15) is 5.11 Å². The van der Waals surface area contributed by atoms with Gasteiger partial charge in [-0.15, -0.1) is 0 Å². The van der Waals surface area contributed by atoms with E-state index in [0.29, 0.717) is 17.4 Å². The van der Waals surface area contributed by atoms with Crippen molar-refractivity contribution in [3.8, 4) is 5.88 Å². The summed E-state index contributed by atoms with van der Waals surface area (Å²) in [5.74, 6) is 1.03. The highest BCUT2D eigenvalue weighted by molar-refractivity contribution is 5.21. The molecule has 0 saturated carbocycles. The van der Waals surface area contributed by atoms with E-state index < -0.39 is 6.10 Å². The molecule has 2 aromatic rings. The molecule has 0 fully saturated rings. The van der Waals surface area contributed by atoms with Crippen molar-refractivity contribution in [2.24, 2.45) is 7.05 Å². The van der Waals surface area contributed by atoms with Crippen LogP contribution in [0.15, 0.2) is 30.6 Å². The molecule has 2 heterocycles. The van der Waals surface area contributed by atoms with Gasteiger partial charge in [0.15, 0.2) is 6.10 Å². The van der Waals surface area contributed by atoms with Gasteiger partial charge in [0.05, 0.1) is 12.8 Å². The Bertz CT molecular complexity index is 482. The van der Waals surface area contributed by atoms with E-state index in [-0.39, 0.29) is 0 Å². The summed E-state index contributed by atoms with van der Waals surface area (Å²) in [4.78, 5) is 8.24. The minimum absolute atomic E-state index is 0.478. The molecule has 1 atom stereocenters. The van der Waals surface area contributed by atoms with Crippen LogP contribution in [-0.2, 0) is 7.05 Å². The van der Waals surface area contributed by atoms with Gasteiger partial charge in [0, 0.05) is 25.5 Å². The van der Waals surface area contributed by atoms with Gasteiger partial charge in [-0.05, 0) is 6.07 Å². The van der Waals surface area contributed by atoms with E-state index >= 15 is 0 Å². The number of aliphatic hydroxyl groups excluding tert-OH is 1. The van der Waals surface area contributed by atoms with Gasteiger partial charge < -0.3 is 14.4 Å². The molecule has 0 amide bonds. The minimum atomic E-state index is -0.838. The van der Waals surface area contributed by atoms with Crippen LogP contribution in [0.5, 0.6) is 5.88 Å². The number of aliphatic hydroxyl groups is 1. The molecule has 1 N–H and O–H groups in total. The molecule has 2 aromatic heterocycles. The zero-order valence-electron chi connectivity index (χ0n) is 9.16. The van der Waals surface area contributed by atoms with Gasteiger partial charge in [0.25, 0.3) is 0 Å². The highest BCUT2D eigenvalue weighted by atomic mass is 16.5. The van der Waals surface area contributed by atoms with Crippen LogP contribution in [0.3, 0.4) is 0 Å². The number of hydrogen-bond acceptors (Lipinski definition) is 4. The molecular formula is C11H13N3O2. The van der Waals surface area contributed by atoms with Crippen molar-refractivity contribution in [2.45, 2.75) is 6.10 Å². The molecule has 0 aliphatic carbocycles. The first-order valence-electron chi connectivity index (χ1n) is 4.88. The van der Waals surface area contributed by atoms with Crippen LogP contribution in [0.4, 0.5) is 0 Å². The van der Waals surface area contributed by atoms with Gasteiger partial charge in [0.1, 0.15) is 5.82 Å². The molecule has 0 aliphatic rings. The number of aromatic nitrogens is 3. The van der Waals surface area contributed by atoms with Crippen LogP contribution in [0, 0.1) is 0 Å². The summed E-state index contributed by atoms with van der Waals surface area (Å²) in [6, 6.07) is 5.25. The maximum atomic E-state index is 10.1. The summed E-state index contributed by atoms with van der Waals surface area (Å²) in [6.45, 7) is 0. The monoisotopic (exact) mass is 219 g/mol. The number of hydrogen-bond donors (Lipinski definition) is 1. The van der Waals surface area contributed by atoms with Gasteiger partial charge >= 0.3 is 0 Å². The molecule has 0 saturated heterocycles. The van der Waals surface area contributed by atoms with Crippen molar-refractivity contribution >= 4 is 0 Å². The van der Waals surface area contributed by atoms with Gasteiger partial charge in [-0.2, -0.15) is 0 Å². The largest absolute Gasteiger partial charge is 0.481 e. The van der Waals surface area contributed by atoms with E-state index in [0.717, 1.165) is 0 Å². The van der Waals surface area contributed by atoms with E-state index in [2.05, 4.69) is 9.97 Å². The molecule has 0 bridgehead atoms. The summed E-state index contributed by atoms with van der Waals surface area (Å²) in [7, 11) is 3.37. The second-order valence-electron chi connectivity index (χ2n) is 3.40. The highest BCUT2D eigenvalue weighted by Gasteiger charge is 2.16. The number of ether oxygens (including phenoxy) is 1. The fourth-order valence-electron chi connectivity index (χ4n) is 1.47. The number of imidazole rings is 1. The Kier molecular flexibility index (Phi) is 2.87. The van der Waals surface area contributed by atoms with Crippen molar-refractivity contribution in [1.82, 2.24) is 14.5 Å². The SMILES string of the molecule is COc1cccc(C(O)c2nccn2C)n1. The molecule has 84 valence electrons. The molecule has 16 heavy (non-hydrogen) atoms. The van der Waals surface area contributed by atoms with Crippen molar-refractivity contribution in [2.75, 3.05) is 7.11 Å². The fraction of sp³-hybridized carbons (Fsp3) is 0.273. The van der Waals surface area contributed by atoms with Gasteiger partial charge in [-0.3, -0.25) is 0 Å². The van der Waals surface area contributed by atoms with Crippen molar-refractivity contribution in [3.05, 3.63) is 42.1 Å². The second kappa shape index (κ2) is 4.32. The smallest absolute Gasteiger partial charge is 0.213 e. The first-order chi connectivity index (χ1) is 7.72. The quantitative estimate of drug-likeness (QED) is 0.833. The Morgan fingerprint density at radius 3 is 2.88 bits per heavy atom. The third-order valence-electron chi connectivity index (χ3n) is 2.34. The average Bonchev–Trinajstić information content (AvgIpc) is 2.74. The Balaban J connectivity index is 2.33. The topological polar surface area (TPSA) is 60.2 Å². The van der Waals surface area contributed by atoms with Crippen molar-refractivity contribution in [3.63, 3.8) is 0 Å². The standard InChI is InChI=1S/C11H13N3O2/c1-14-7-6-12-11(14)10(15)8-4-3-5-9(13-8)16-2/h3-7,10,15H,1-2H3. The molecule has 0 spiro atoms. The van der Waals surface area contributed by atoms with Crippen molar-refractivity contribution < 1.29 is 9.84 Å². The van der Waals surface area contributed by atoms with Gasteiger partial charge in [0.2, 0.25) is 5.88 Å². The first kappa shape index (κ1) is 10.6. The summed E-state index contributed by atoms with van der Waals surface area (Å²) >= 11 is 0. The van der Waals surface area contributed by atoms with Crippen LogP contribution in [0.1, 0.15) is 17.6 Å². The van der Waals surface area contributed by atoms with E-state index in [1.807, 2.05) is 7.05 Å².